The fourth-order valence-corrected chi connectivity index (χ4v) is 4.33. The summed E-state index contributed by atoms with van der Waals surface area (Å²) >= 11 is 1.22. The van der Waals surface area contributed by atoms with Crippen LogP contribution in [0, 0.1) is 11.6 Å². The van der Waals surface area contributed by atoms with E-state index in [-0.39, 0.29) is 11.4 Å². The molecule has 0 atom stereocenters. The van der Waals surface area contributed by atoms with Gasteiger partial charge < -0.3 is 5.32 Å². The Labute approximate surface area is 183 Å². The van der Waals surface area contributed by atoms with E-state index >= 15 is 0 Å². The van der Waals surface area contributed by atoms with Crippen LogP contribution < -0.4 is 5.32 Å². The molecule has 1 saturated heterocycles. The summed E-state index contributed by atoms with van der Waals surface area (Å²) in [6.45, 7) is 2.76. The third-order valence-electron chi connectivity index (χ3n) is 5.07. The topological polar surface area (TPSA) is 63.1 Å². The highest BCUT2D eigenvalue weighted by atomic mass is 32.2. The smallest absolute Gasteiger partial charge is 0.234 e. The average molecular weight is 444 g/mol. The first kappa shape index (κ1) is 21.5. The quantitative estimate of drug-likeness (QED) is 0.553. The number of carbonyl (C=O) groups is 1. The fraction of sp³-hybridized carbons (Fsp3) is 0.318. The molecule has 0 aliphatic carbocycles. The van der Waals surface area contributed by atoms with E-state index in [0.29, 0.717) is 11.7 Å². The molecule has 2 aromatic carbocycles. The van der Waals surface area contributed by atoms with E-state index in [9.17, 15) is 13.6 Å². The van der Waals surface area contributed by atoms with Gasteiger partial charge in [-0.05, 0) is 50.2 Å². The first-order chi connectivity index (χ1) is 15.1. The van der Waals surface area contributed by atoms with Crippen molar-refractivity contribution in [2.45, 2.75) is 31.0 Å². The van der Waals surface area contributed by atoms with E-state index in [1.807, 2.05) is 34.9 Å². The molecule has 0 unspecified atom stereocenters. The number of hydrogen-bond donors (Lipinski definition) is 1. The number of anilines is 1. The molecule has 0 saturated carbocycles. The maximum Gasteiger partial charge on any atom is 0.234 e. The number of benzene rings is 2. The van der Waals surface area contributed by atoms with E-state index in [2.05, 4.69) is 20.4 Å². The van der Waals surface area contributed by atoms with E-state index < -0.39 is 17.5 Å². The first-order valence-electron chi connectivity index (χ1n) is 10.2. The molecule has 31 heavy (non-hydrogen) atoms. The van der Waals surface area contributed by atoms with Gasteiger partial charge in [-0.3, -0.25) is 14.3 Å². The van der Waals surface area contributed by atoms with Gasteiger partial charge in [0, 0.05) is 11.8 Å². The lowest BCUT2D eigenvalue weighted by Gasteiger charge is -2.26. The molecule has 0 spiro atoms. The molecule has 3 aromatic rings. The zero-order valence-corrected chi connectivity index (χ0v) is 17.7. The molecule has 2 heterocycles. The van der Waals surface area contributed by atoms with Gasteiger partial charge in [-0.1, -0.05) is 36.4 Å². The van der Waals surface area contributed by atoms with Crippen molar-refractivity contribution in [3.63, 3.8) is 0 Å². The number of nitrogens with zero attached hydrogens (tertiary/aromatic N) is 4. The molecule has 1 aliphatic rings. The zero-order chi connectivity index (χ0) is 21.6. The Morgan fingerprint density at radius 2 is 1.81 bits per heavy atom. The molecule has 9 heteroatoms. The summed E-state index contributed by atoms with van der Waals surface area (Å²) in [4.78, 5) is 14.7. The maximum absolute atomic E-state index is 13.8. The van der Waals surface area contributed by atoms with Gasteiger partial charge in [0.1, 0.15) is 11.6 Å². The van der Waals surface area contributed by atoms with Gasteiger partial charge in [-0.25, -0.2) is 8.78 Å². The number of carbonyl (C=O) groups excluding carboxylic acids is 1. The summed E-state index contributed by atoms with van der Waals surface area (Å²) in [7, 11) is 0. The van der Waals surface area contributed by atoms with Gasteiger partial charge >= 0.3 is 0 Å². The molecular weight excluding hydrogens is 420 g/mol. The van der Waals surface area contributed by atoms with Gasteiger partial charge in [0.25, 0.3) is 0 Å². The van der Waals surface area contributed by atoms with Crippen molar-refractivity contribution in [1.29, 1.82) is 0 Å². The van der Waals surface area contributed by atoms with E-state index in [4.69, 9.17) is 0 Å². The highest BCUT2D eigenvalue weighted by Gasteiger charge is 2.19. The lowest BCUT2D eigenvalue weighted by atomic mass is 10.1. The molecule has 0 radical (unpaired) electrons. The molecule has 162 valence electrons. The Kier molecular flexibility index (Phi) is 6.93. The summed E-state index contributed by atoms with van der Waals surface area (Å²) in [5.41, 5.74) is 0.870. The number of piperidine rings is 1. The van der Waals surface area contributed by atoms with Crippen LogP contribution in [0.4, 0.5) is 14.5 Å². The Hall–Kier alpha value is -2.78. The molecule has 1 aromatic heterocycles. The number of amides is 1. The zero-order valence-electron chi connectivity index (χ0n) is 16.9. The van der Waals surface area contributed by atoms with Gasteiger partial charge in [0.2, 0.25) is 5.91 Å². The molecular formula is C22H23F2N5OS. The largest absolute Gasteiger partial charge is 0.323 e. The van der Waals surface area contributed by atoms with Crippen molar-refractivity contribution in [3.8, 4) is 5.69 Å². The normalized spacial score (nSPS) is 14.5. The van der Waals surface area contributed by atoms with Crippen LogP contribution in [-0.2, 0) is 11.3 Å². The van der Waals surface area contributed by atoms with Crippen LogP contribution in [0.5, 0.6) is 0 Å². The minimum atomic E-state index is -0.811. The van der Waals surface area contributed by atoms with Crippen molar-refractivity contribution in [2.75, 3.05) is 24.2 Å². The van der Waals surface area contributed by atoms with Crippen molar-refractivity contribution < 1.29 is 13.6 Å². The molecule has 1 N–H and O–H groups in total. The average Bonchev–Trinajstić information content (AvgIpc) is 3.18. The van der Waals surface area contributed by atoms with Crippen LogP contribution in [0.3, 0.4) is 0 Å². The molecule has 4 rings (SSSR count). The van der Waals surface area contributed by atoms with Crippen LogP contribution in [0.2, 0.25) is 0 Å². The standard InChI is InChI=1S/C22H23F2N5OS/c23-16-9-10-19(18(24)13-16)25-21(30)15-31-22-27-26-20(14-28-11-5-2-6-12-28)29(22)17-7-3-1-4-8-17/h1,3-4,7-10,13H,2,5-6,11-12,14-15H2,(H,25,30). The van der Waals surface area contributed by atoms with Gasteiger partial charge in [-0.2, -0.15) is 0 Å². The second-order valence-corrected chi connectivity index (χ2v) is 8.31. The summed E-state index contributed by atoms with van der Waals surface area (Å²) in [6, 6.07) is 12.8. The predicted molar refractivity (Wildman–Crippen MR) is 116 cm³/mol. The number of nitrogens with one attached hydrogen (secondary N) is 1. The van der Waals surface area contributed by atoms with Crippen molar-refractivity contribution in [2.24, 2.45) is 0 Å². The van der Waals surface area contributed by atoms with Crippen molar-refractivity contribution >= 4 is 23.4 Å². The van der Waals surface area contributed by atoms with Crippen molar-refractivity contribution in [3.05, 3.63) is 66.0 Å². The monoisotopic (exact) mass is 443 g/mol. The van der Waals surface area contributed by atoms with Gasteiger partial charge in [-0.15, -0.1) is 10.2 Å². The number of aromatic nitrogens is 3. The second-order valence-electron chi connectivity index (χ2n) is 7.37. The summed E-state index contributed by atoms with van der Waals surface area (Å²) in [5.74, 6) is -1.07. The first-order valence-corrected chi connectivity index (χ1v) is 11.2. The van der Waals surface area contributed by atoms with Crippen LogP contribution >= 0.6 is 11.8 Å². The number of thioether (sulfide) groups is 1. The lowest BCUT2D eigenvalue weighted by Crippen LogP contribution is -2.30. The summed E-state index contributed by atoms with van der Waals surface area (Å²) < 4.78 is 28.8. The fourth-order valence-electron chi connectivity index (χ4n) is 3.56. The van der Waals surface area contributed by atoms with Crippen LogP contribution in [-0.4, -0.2) is 44.4 Å². The molecule has 1 amide bonds. The van der Waals surface area contributed by atoms with E-state index in [0.717, 1.165) is 36.7 Å². The molecule has 0 bridgehead atoms. The van der Waals surface area contributed by atoms with Gasteiger partial charge in [0.15, 0.2) is 11.0 Å². The highest BCUT2D eigenvalue weighted by molar-refractivity contribution is 7.99. The van der Waals surface area contributed by atoms with Crippen molar-refractivity contribution in [1.82, 2.24) is 19.7 Å². The van der Waals surface area contributed by atoms with Crippen LogP contribution in [0.1, 0.15) is 25.1 Å². The maximum atomic E-state index is 13.8. The summed E-state index contributed by atoms with van der Waals surface area (Å²) in [6.07, 6.45) is 3.62. The predicted octanol–water partition coefficient (Wildman–Crippen LogP) is 4.26. The highest BCUT2D eigenvalue weighted by Crippen LogP contribution is 2.24. The Bertz CT molecular complexity index is 1040. The Morgan fingerprint density at radius 3 is 2.55 bits per heavy atom. The minimum Gasteiger partial charge on any atom is -0.323 e. The minimum absolute atomic E-state index is 0.0193. The van der Waals surface area contributed by atoms with Gasteiger partial charge in [0.05, 0.1) is 18.0 Å². The third kappa shape index (κ3) is 5.48. The molecule has 1 aliphatic heterocycles. The number of para-hydroxylation sites is 1. The van der Waals surface area contributed by atoms with E-state index in [1.165, 1.54) is 37.1 Å². The van der Waals surface area contributed by atoms with Crippen LogP contribution in [0.15, 0.2) is 53.7 Å². The SMILES string of the molecule is O=C(CSc1nnc(CN2CCCCC2)n1-c1ccccc1)Nc1ccc(F)cc1F. The number of hydrogen-bond acceptors (Lipinski definition) is 5. The van der Waals surface area contributed by atoms with E-state index in [1.54, 1.807) is 0 Å². The van der Waals surface area contributed by atoms with Crippen LogP contribution in [0.25, 0.3) is 5.69 Å². The molecule has 1 fully saturated rings. The molecule has 6 nitrogen and oxygen atoms in total. The number of rotatable bonds is 7. The number of halogens is 2. The Balaban J connectivity index is 1.48. The number of likely N-dealkylation sites (tertiary alicyclic amines) is 1. The third-order valence-corrected chi connectivity index (χ3v) is 6.00. The Morgan fingerprint density at radius 1 is 1.03 bits per heavy atom. The lowest BCUT2D eigenvalue weighted by molar-refractivity contribution is -0.113. The second kappa shape index (κ2) is 10.0. The summed E-state index contributed by atoms with van der Waals surface area (Å²) in [5, 5.41) is 11.8.